The number of carbonyl (C=O) groups is 2. The van der Waals surface area contributed by atoms with Crippen molar-refractivity contribution in [2.24, 2.45) is 0 Å². The first-order valence-electron chi connectivity index (χ1n) is 9.40. The fourth-order valence-corrected chi connectivity index (χ4v) is 4.94. The number of hydrogen-bond donors (Lipinski definition) is 1. The Kier molecular flexibility index (Phi) is 3.71. The van der Waals surface area contributed by atoms with Gasteiger partial charge in [0.2, 0.25) is 0 Å². The first kappa shape index (κ1) is 16.9. The van der Waals surface area contributed by atoms with Crippen molar-refractivity contribution < 1.29 is 14.7 Å². The normalized spacial score (nSPS) is 20.0. The molecule has 1 N–H and O–H groups in total. The molecule has 1 unspecified atom stereocenters. The van der Waals surface area contributed by atoms with Crippen LogP contribution in [0.2, 0.25) is 0 Å². The van der Waals surface area contributed by atoms with E-state index in [2.05, 4.69) is 24.3 Å². The molecular weight excluding hydrogens is 350 g/mol. The molecule has 2 aliphatic rings. The first-order chi connectivity index (χ1) is 13.6. The van der Waals surface area contributed by atoms with Crippen molar-refractivity contribution in [2.45, 2.75) is 18.0 Å². The highest BCUT2D eigenvalue weighted by atomic mass is 16.4. The summed E-state index contributed by atoms with van der Waals surface area (Å²) >= 11 is 0. The summed E-state index contributed by atoms with van der Waals surface area (Å²) in [6, 6.07) is 25.3. The highest BCUT2D eigenvalue weighted by molar-refractivity contribution is 5.92. The molecule has 1 aliphatic carbocycles. The van der Waals surface area contributed by atoms with Gasteiger partial charge in [-0.2, -0.15) is 0 Å². The van der Waals surface area contributed by atoms with E-state index in [9.17, 15) is 14.7 Å². The van der Waals surface area contributed by atoms with Crippen LogP contribution >= 0.6 is 0 Å². The molecule has 28 heavy (non-hydrogen) atoms. The molecule has 5 rings (SSSR count). The van der Waals surface area contributed by atoms with Crippen LogP contribution in [0.3, 0.4) is 0 Å². The van der Waals surface area contributed by atoms with Crippen LogP contribution < -0.4 is 0 Å². The number of benzene rings is 3. The molecule has 138 valence electrons. The summed E-state index contributed by atoms with van der Waals surface area (Å²) in [6.07, 6.45) is 0.0360. The highest BCUT2D eigenvalue weighted by Gasteiger charge is 2.55. The van der Waals surface area contributed by atoms with Gasteiger partial charge in [0.25, 0.3) is 0 Å². The van der Waals surface area contributed by atoms with Gasteiger partial charge in [0, 0.05) is 6.42 Å². The quantitative estimate of drug-likeness (QED) is 0.765. The number of nitrogens with zero attached hydrogens (tertiary/aromatic N) is 1. The van der Waals surface area contributed by atoms with Crippen LogP contribution in [0.4, 0.5) is 0 Å². The topological polar surface area (TPSA) is 57.6 Å². The van der Waals surface area contributed by atoms with Crippen molar-refractivity contribution in [3.63, 3.8) is 0 Å². The molecule has 1 heterocycles. The molecule has 0 spiro atoms. The molecule has 1 aliphatic heterocycles. The Morgan fingerprint density at radius 3 is 1.96 bits per heavy atom. The maximum Gasteiger partial charge on any atom is 0.321 e. The molecule has 4 heteroatoms. The first-order valence-corrected chi connectivity index (χ1v) is 9.40. The third kappa shape index (κ3) is 2.15. The summed E-state index contributed by atoms with van der Waals surface area (Å²) in [6.45, 7) is 0.120. The van der Waals surface area contributed by atoms with Gasteiger partial charge in [-0.3, -0.25) is 14.5 Å². The van der Waals surface area contributed by atoms with Gasteiger partial charge in [0.05, 0.1) is 12.1 Å². The molecule has 3 aromatic rings. The molecule has 0 radical (unpaired) electrons. The Morgan fingerprint density at radius 1 is 0.857 bits per heavy atom. The number of ketones is 1. The van der Waals surface area contributed by atoms with E-state index >= 15 is 0 Å². The minimum atomic E-state index is -0.956. The lowest BCUT2D eigenvalue weighted by Crippen LogP contribution is -2.51. The van der Waals surface area contributed by atoms with Gasteiger partial charge in [-0.15, -0.1) is 0 Å². The van der Waals surface area contributed by atoms with Gasteiger partial charge in [-0.05, 0) is 27.8 Å². The second-order valence-corrected chi connectivity index (χ2v) is 7.39. The van der Waals surface area contributed by atoms with E-state index in [1.807, 2.05) is 59.5 Å². The van der Waals surface area contributed by atoms with Crippen molar-refractivity contribution in [2.75, 3.05) is 6.54 Å². The van der Waals surface area contributed by atoms with Crippen LogP contribution in [0, 0.1) is 0 Å². The molecule has 0 saturated carbocycles. The summed E-state index contributed by atoms with van der Waals surface area (Å²) in [5.41, 5.74) is 4.42. The summed E-state index contributed by atoms with van der Waals surface area (Å²) in [5.74, 6) is -0.993. The van der Waals surface area contributed by atoms with Gasteiger partial charge >= 0.3 is 5.97 Å². The number of hydrogen-bond acceptors (Lipinski definition) is 3. The molecular formula is C24H19NO3. The minimum Gasteiger partial charge on any atom is -0.480 e. The lowest BCUT2D eigenvalue weighted by Gasteiger charge is -2.43. The Labute approximate surface area is 163 Å². The van der Waals surface area contributed by atoms with Crippen LogP contribution in [0.5, 0.6) is 0 Å². The van der Waals surface area contributed by atoms with E-state index in [-0.39, 0.29) is 18.7 Å². The van der Waals surface area contributed by atoms with Gasteiger partial charge in [-0.1, -0.05) is 78.9 Å². The van der Waals surface area contributed by atoms with Crippen LogP contribution in [0.15, 0.2) is 78.9 Å². The summed E-state index contributed by atoms with van der Waals surface area (Å²) < 4.78 is 0. The number of Topliss-reactive ketones (excluding diaryl/α,β-unsaturated/α-hetero) is 1. The van der Waals surface area contributed by atoms with E-state index in [1.165, 1.54) is 0 Å². The largest absolute Gasteiger partial charge is 0.480 e. The molecule has 0 amide bonds. The molecule has 4 nitrogen and oxygen atoms in total. The monoisotopic (exact) mass is 369 g/mol. The Balaban J connectivity index is 1.90. The lowest BCUT2D eigenvalue weighted by molar-refractivity contribution is -0.143. The number of aliphatic carboxylic acids is 1. The molecule has 1 saturated heterocycles. The Morgan fingerprint density at radius 2 is 1.39 bits per heavy atom. The lowest BCUT2D eigenvalue weighted by atomic mass is 9.78. The van der Waals surface area contributed by atoms with E-state index in [0.717, 1.165) is 27.8 Å². The standard InChI is InChI=1S/C24H19NO3/c26-17-14-22(23(27)28)25(15-17)24(16-8-2-1-3-9-16)20-12-6-4-10-18(20)19-11-5-7-13-21(19)24/h1-13,22H,14-15H2,(H,27,28). The van der Waals surface area contributed by atoms with Gasteiger partial charge in [-0.25, -0.2) is 0 Å². The van der Waals surface area contributed by atoms with E-state index < -0.39 is 17.6 Å². The average molecular weight is 369 g/mol. The maximum absolute atomic E-state index is 12.4. The number of fused-ring (bicyclic) bond motifs is 3. The van der Waals surface area contributed by atoms with E-state index in [0.29, 0.717) is 0 Å². The zero-order valence-corrected chi connectivity index (χ0v) is 15.2. The van der Waals surface area contributed by atoms with Crippen molar-refractivity contribution in [3.8, 4) is 11.1 Å². The second kappa shape index (κ2) is 6.14. The van der Waals surface area contributed by atoms with Crippen molar-refractivity contribution >= 4 is 11.8 Å². The SMILES string of the molecule is O=C1CC(C(=O)O)N(C2(c3ccccc3)c3ccccc3-c3ccccc32)C1. The second-order valence-electron chi connectivity index (χ2n) is 7.39. The average Bonchev–Trinajstić information content (AvgIpc) is 3.25. The number of carboxylic acid groups (broad SMARTS) is 1. The Hall–Kier alpha value is -3.24. The molecule has 0 bridgehead atoms. The van der Waals surface area contributed by atoms with Crippen LogP contribution in [-0.2, 0) is 15.1 Å². The zero-order chi connectivity index (χ0) is 19.3. The summed E-state index contributed by atoms with van der Waals surface area (Å²) in [4.78, 5) is 26.4. The van der Waals surface area contributed by atoms with E-state index in [4.69, 9.17) is 0 Å². The van der Waals surface area contributed by atoms with Crippen LogP contribution in [0.25, 0.3) is 11.1 Å². The van der Waals surface area contributed by atoms with Crippen LogP contribution in [-0.4, -0.2) is 34.3 Å². The highest BCUT2D eigenvalue weighted by Crippen LogP contribution is 2.55. The maximum atomic E-state index is 12.4. The number of carboxylic acids is 1. The summed E-state index contributed by atoms with van der Waals surface area (Å²) in [5, 5.41) is 9.93. The third-order valence-corrected chi connectivity index (χ3v) is 5.98. The molecule has 3 aromatic carbocycles. The van der Waals surface area contributed by atoms with Crippen molar-refractivity contribution in [3.05, 3.63) is 95.6 Å². The molecule has 1 atom stereocenters. The molecule has 0 aromatic heterocycles. The molecule has 1 fully saturated rings. The number of rotatable bonds is 3. The Bertz CT molecular complexity index is 1040. The fraction of sp³-hybridized carbons (Fsp3) is 0.167. The minimum absolute atomic E-state index is 0.0360. The van der Waals surface area contributed by atoms with Crippen molar-refractivity contribution in [1.29, 1.82) is 0 Å². The van der Waals surface area contributed by atoms with Crippen LogP contribution in [0.1, 0.15) is 23.1 Å². The predicted octanol–water partition coefficient (Wildman–Crippen LogP) is 3.69. The smallest absolute Gasteiger partial charge is 0.321 e. The fourth-order valence-electron chi connectivity index (χ4n) is 4.94. The van der Waals surface area contributed by atoms with E-state index in [1.54, 1.807) is 0 Å². The van der Waals surface area contributed by atoms with Gasteiger partial charge in [0.15, 0.2) is 0 Å². The van der Waals surface area contributed by atoms with Crippen molar-refractivity contribution in [1.82, 2.24) is 4.90 Å². The van der Waals surface area contributed by atoms with Gasteiger partial charge < -0.3 is 5.11 Å². The predicted molar refractivity (Wildman–Crippen MR) is 106 cm³/mol. The zero-order valence-electron chi connectivity index (χ0n) is 15.2. The number of likely N-dealkylation sites (tertiary alicyclic amines) is 1. The third-order valence-electron chi connectivity index (χ3n) is 5.98. The number of carbonyl (C=O) groups excluding carboxylic acids is 1. The summed E-state index contributed by atoms with van der Waals surface area (Å²) in [7, 11) is 0. The van der Waals surface area contributed by atoms with Gasteiger partial charge in [0.1, 0.15) is 11.8 Å².